The maximum atomic E-state index is 14.0. The summed E-state index contributed by atoms with van der Waals surface area (Å²) in [6.45, 7) is 9.65. The molecule has 0 heterocycles. The molecule has 0 unspecified atom stereocenters. The molecule has 0 fully saturated rings. The fraction of sp³-hybridized carbons (Fsp3) is 0.333. The number of nitrogens with one attached hydrogen (secondary N) is 1. The second kappa shape index (κ2) is 13.3. The Bertz CT molecular complexity index is 1390. The molecule has 208 valence electrons. The van der Waals surface area contributed by atoms with Gasteiger partial charge < -0.3 is 10.2 Å². The van der Waals surface area contributed by atoms with E-state index in [1.54, 1.807) is 43.3 Å². The van der Waals surface area contributed by atoms with Gasteiger partial charge in [0.2, 0.25) is 11.8 Å². The van der Waals surface area contributed by atoms with E-state index < -0.39 is 28.5 Å². The highest BCUT2D eigenvalue weighted by Crippen LogP contribution is 2.26. The van der Waals surface area contributed by atoms with E-state index in [1.165, 1.54) is 17.0 Å². The molecule has 0 bridgehead atoms. The van der Waals surface area contributed by atoms with Gasteiger partial charge in [0.15, 0.2) is 0 Å². The van der Waals surface area contributed by atoms with Crippen LogP contribution in [-0.2, 0) is 26.2 Å². The molecule has 39 heavy (non-hydrogen) atoms. The predicted molar refractivity (Wildman–Crippen MR) is 159 cm³/mol. The fourth-order valence-electron chi connectivity index (χ4n) is 3.98. The molecular weight excluding hydrogens is 578 g/mol. The maximum absolute atomic E-state index is 14.0. The first-order valence-corrected chi connectivity index (χ1v) is 15.1. The van der Waals surface area contributed by atoms with Gasteiger partial charge in [-0.3, -0.25) is 13.9 Å². The van der Waals surface area contributed by atoms with Crippen LogP contribution in [0, 0.1) is 19.8 Å². The first-order chi connectivity index (χ1) is 18.4. The standard InChI is InChI=1S/C30H36BrN3O4S/c1-21(2)18-32-30(36)24(5)33(19-25-9-7-6-8-23(25)4)29(35)20-34(27-14-12-26(31)13-15-27)39(37,38)28-16-10-22(3)11-17-28/h6-17,21,24H,18-20H2,1-5H3,(H,32,36)/t24-/m0/s1. The molecule has 0 aliphatic carbocycles. The summed E-state index contributed by atoms with van der Waals surface area (Å²) < 4.78 is 29.6. The number of carbonyl (C=O) groups is 2. The predicted octanol–water partition coefficient (Wildman–Crippen LogP) is 5.45. The Morgan fingerprint density at radius 1 is 0.897 bits per heavy atom. The van der Waals surface area contributed by atoms with Crippen LogP contribution in [0.3, 0.4) is 0 Å². The summed E-state index contributed by atoms with van der Waals surface area (Å²) in [5.74, 6) is -0.527. The number of amides is 2. The summed E-state index contributed by atoms with van der Waals surface area (Å²) in [5, 5.41) is 2.90. The van der Waals surface area contributed by atoms with Gasteiger partial charge in [0.25, 0.3) is 10.0 Å². The molecule has 0 spiro atoms. The molecule has 0 aromatic heterocycles. The number of carbonyl (C=O) groups excluding carboxylic acids is 2. The van der Waals surface area contributed by atoms with E-state index in [1.807, 2.05) is 52.0 Å². The third kappa shape index (κ3) is 7.92. The minimum Gasteiger partial charge on any atom is -0.354 e. The van der Waals surface area contributed by atoms with Gasteiger partial charge in [-0.15, -0.1) is 0 Å². The largest absolute Gasteiger partial charge is 0.354 e. The molecule has 1 atom stereocenters. The number of sulfonamides is 1. The van der Waals surface area contributed by atoms with Crippen molar-refractivity contribution in [3.05, 3.63) is 94.0 Å². The van der Waals surface area contributed by atoms with Crippen LogP contribution in [0.25, 0.3) is 0 Å². The lowest BCUT2D eigenvalue weighted by Gasteiger charge is -2.32. The topological polar surface area (TPSA) is 86.8 Å². The summed E-state index contributed by atoms with van der Waals surface area (Å²) in [7, 11) is -4.09. The molecule has 3 aromatic rings. The van der Waals surface area contributed by atoms with Crippen molar-refractivity contribution in [1.29, 1.82) is 0 Å². The Kier molecular flexibility index (Phi) is 10.3. The average molecular weight is 615 g/mol. The van der Waals surface area contributed by atoms with Gasteiger partial charge >= 0.3 is 0 Å². The Balaban J connectivity index is 2.01. The van der Waals surface area contributed by atoms with Crippen molar-refractivity contribution in [3.63, 3.8) is 0 Å². The molecule has 0 saturated heterocycles. The normalized spacial score (nSPS) is 12.2. The van der Waals surface area contributed by atoms with Gasteiger partial charge in [0.05, 0.1) is 10.6 Å². The Hall–Kier alpha value is -3.17. The molecular formula is C30H36BrN3O4S. The van der Waals surface area contributed by atoms with E-state index in [4.69, 9.17) is 0 Å². The summed E-state index contributed by atoms with van der Waals surface area (Å²) >= 11 is 3.39. The Labute approximate surface area is 240 Å². The van der Waals surface area contributed by atoms with Crippen LogP contribution in [0.2, 0.25) is 0 Å². The van der Waals surface area contributed by atoms with E-state index in [-0.39, 0.29) is 23.3 Å². The lowest BCUT2D eigenvalue weighted by atomic mass is 10.1. The molecule has 3 aromatic carbocycles. The summed E-state index contributed by atoms with van der Waals surface area (Å²) in [4.78, 5) is 28.6. The molecule has 0 radical (unpaired) electrons. The first-order valence-electron chi connectivity index (χ1n) is 12.9. The summed E-state index contributed by atoms with van der Waals surface area (Å²) in [5.41, 5.74) is 3.12. The summed E-state index contributed by atoms with van der Waals surface area (Å²) in [6, 6.07) is 20.1. The number of rotatable bonds is 11. The molecule has 0 aliphatic rings. The number of anilines is 1. The molecule has 2 amide bonds. The Morgan fingerprint density at radius 3 is 2.10 bits per heavy atom. The number of nitrogens with zero attached hydrogens (tertiary/aromatic N) is 2. The maximum Gasteiger partial charge on any atom is 0.264 e. The van der Waals surface area contributed by atoms with Gasteiger partial charge in [-0.25, -0.2) is 8.42 Å². The minimum absolute atomic E-state index is 0.0806. The van der Waals surface area contributed by atoms with Crippen LogP contribution in [0.5, 0.6) is 0 Å². The van der Waals surface area contributed by atoms with Gasteiger partial charge in [0.1, 0.15) is 12.6 Å². The zero-order valence-corrected chi connectivity index (χ0v) is 25.4. The van der Waals surface area contributed by atoms with Crippen molar-refractivity contribution in [2.24, 2.45) is 5.92 Å². The van der Waals surface area contributed by atoms with Gasteiger partial charge in [-0.2, -0.15) is 0 Å². The molecule has 3 rings (SSSR count). The highest BCUT2D eigenvalue weighted by atomic mass is 79.9. The van der Waals surface area contributed by atoms with Crippen molar-refractivity contribution in [3.8, 4) is 0 Å². The second-order valence-corrected chi connectivity index (χ2v) is 12.8. The zero-order chi connectivity index (χ0) is 28.7. The lowest BCUT2D eigenvalue weighted by molar-refractivity contribution is -0.139. The smallest absolute Gasteiger partial charge is 0.264 e. The van der Waals surface area contributed by atoms with Crippen LogP contribution < -0.4 is 9.62 Å². The van der Waals surface area contributed by atoms with Crippen LogP contribution in [0.15, 0.2) is 82.2 Å². The van der Waals surface area contributed by atoms with Crippen molar-refractivity contribution >= 4 is 43.5 Å². The lowest BCUT2D eigenvalue weighted by Crippen LogP contribution is -2.51. The van der Waals surface area contributed by atoms with Crippen molar-refractivity contribution in [2.75, 3.05) is 17.4 Å². The first kappa shape index (κ1) is 30.4. The average Bonchev–Trinajstić information content (AvgIpc) is 2.90. The highest BCUT2D eigenvalue weighted by molar-refractivity contribution is 9.10. The van der Waals surface area contributed by atoms with E-state index in [9.17, 15) is 18.0 Å². The van der Waals surface area contributed by atoms with Crippen molar-refractivity contribution < 1.29 is 18.0 Å². The quantitative estimate of drug-likeness (QED) is 0.311. The SMILES string of the molecule is Cc1ccc(S(=O)(=O)N(CC(=O)N(Cc2ccccc2C)[C@@H](C)C(=O)NCC(C)C)c2ccc(Br)cc2)cc1. The molecule has 0 saturated carbocycles. The zero-order valence-electron chi connectivity index (χ0n) is 23.0. The van der Waals surface area contributed by atoms with Crippen LogP contribution in [-0.4, -0.2) is 44.3 Å². The van der Waals surface area contributed by atoms with Crippen molar-refractivity contribution in [2.45, 2.75) is 52.1 Å². The number of aryl methyl sites for hydroxylation is 2. The number of hydrogen-bond donors (Lipinski definition) is 1. The monoisotopic (exact) mass is 613 g/mol. The Morgan fingerprint density at radius 2 is 1.51 bits per heavy atom. The molecule has 0 aliphatic heterocycles. The molecule has 9 heteroatoms. The van der Waals surface area contributed by atoms with E-state index in [0.717, 1.165) is 25.5 Å². The second-order valence-electron chi connectivity index (χ2n) is 10.1. The number of hydrogen-bond acceptors (Lipinski definition) is 4. The summed E-state index contributed by atoms with van der Waals surface area (Å²) in [6.07, 6.45) is 0. The van der Waals surface area contributed by atoms with E-state index in [2.05, 4.69) is 21.2 Å². The molecule has 7 nitrogen and oxygen atoms in total. The third-order valence-electron chi connectivity index (χ3n) is 6.46. The van der Waals surface area contributed by atoms with Gasteiger partial charge in [-0.05, 0) is 74.2 Å². The van der Waals surface area contributed by atoms with E-state index in [0.29, 0.717) is 12.2 Å². The molecule has 1 N–H and O–H groups in total. The highest BCUT2D eigenvalue weighted by Gasteiger charge is 2.32. The minimum atomic E-state index is -4.09. The van der Waals surface area contributed by atoms with Crippen LogP contribution in [0.4, 0.5) is 5.69 Å². The third-order valence-corrected chi connectivity index (χ3v) is 8.77. The van der Waals surface area contributed by atoms with Gasteiger partial charge in [0, 0.05) is 17.6 Å². The van der Waals surface area contributed by atoms with Gasteiger partial charge in [-0.1, -0.05) is 71.7 Å². The van der Waals surface area contributed by atoms with Crippen LogP contribution in [0.1, 0.15) is 37.5 Å². The van der Waals surface area contributed by atoms with Crippen LogP contribution >= 0.6 is 15.9 Å². The number of halogens is 1. The van der Waals surface area contributed by atoms with Crippen molar-refractivity contribution in [1.82, 2.24) is 10.2 Å². The van der Waals surface area contributed by atoms with E-state index >= 15 is 0 Å². The number of benzene rings is 3. The fourth-order valence-corrected chi connectivity index (χ4v) is 5.66.